The summed E-state index contributed by atoms with van der Waals surface area (Å²) in [5.74, 6) is -0.804. The first-order chi connectivity index (χ1) is 27.8. The molecule has 0 unspecified atom stereocenters. The van der Waals surface area contributed by atoms with E-state index in [4.69, 9.17) is 18.9 Å². The summed E-state index contributed by atoms with van der Waals surface area (Å²) in [4.78, 5) is 25.4. The number of hydrogen-bond donors (Lipinski definition) is 4. The van der Waals surface area contributed by atoms with E-state index in [2.05, 4.69) is 26.0 Å². The number of allylic oxidation sites excluding steroid dienone is 2. The van der Waals surface area contributed by atoms with E-state index in [9.17, 15) is 30.0 Å². The molecule has 336 valence electrons. The van der Waals surface area contributed by atoms with Crippen LogP contribution in [0.3, 0.4) is 0 Å². The van der Waals surface area contributed by atoms with Crippen molar-refractivity contribution in [1.29, 1.82) is 0 Å². The van der Waals surface area contributed by atoms with Crippen molar-refractivity contribution >= 4 is 11.9 Å². The van der Waals surface area contributed by atoms with Crippen molar-refractivity contribution in [3.05, 3.63) is 12.2 Å². The van der Waals surface area contributed by atoms with E-state index in [1.807, 2.05) is 0 Å². The Kier molecular flexibility index (Phi) is 36.2. The number of rotatable bonds is 40. The predicted molar refractivity (Wildman–Crippen MR) is 229 cm³/mol. The molecule has 0 bridgehead atoms. The SMILES string of the molecule is CCCCCCCC/C=C\CCCCCCCC(=O)O[C@H](COC(=O)CCCCCCCCCCCCCCCCCCC)CO[C@@H]1O[C@H](CO)[C@H](O)[C@H](O)[C@H]1O. The third-order valence-corrected chi connectivity index (χ3v) is 11.2. The molecule has 0 radical (unpaired) electrons. The Labute approximate surface area is 348 Å². The number of unbranched alkanes of at least 4 members (excludes halogenated alkanes) is 27. The zero-order valence-electron chi connectivity index (χ0n) is 36.6. The molecule has 10 nitrogen and oxygen atoms in total. The van der Waals surface area contributed by atoms with Crippen molar-refractivity contribution in [3.8, 4) is 0 Å². The average molecular weight is 813 g/mol. The first-order valence-electron chi connectivity index (χ1n) is 23.8. The van der Waals surface area contributed by atoms with Crippen LogP contribution >= 0.6 is 0 Å². The fraction of sp³-hybridized carbons (Fsp3) is 0.915. The summed E-state index contributed by atoms with van der Waals surface area (Å²) in [7, 11) is 0. The lowest BCUT2D eigenvalue weighted by molar-refractivity contribution is -0.305. The van der Waals surface area contributed by atoms with Gasteiger partial charge < -0.3 is 39.4 Å². The van der Waals surface area contributed by atoms with Crippen molar-refractivity contribution in [1.82, 2.24) is 0 Å². The van der Waals surface area contributed by atoms with Crippen LogP contribution in [0.5, 0.6) is 0 Å². The van der Waals surface area contributed by atoms with Gasteiger partial charge in [-0.05, 0) is 38.5 Å². The maximum Gasteiger partial charge on any atom is 0.306 e. The molecular formula is C47H88O10. The Morgan fingerprint density at radius 2 is 0.930 bits per heavy atom. The molecule has 1 fully saturated rings. The largest absolute Gasteiger partial charge is 0.462 e. The van der Waals surface area contributed by atoms with Crippen LogP contribution in [0.15, 0.2) is 12.2 Å². The Hall–Kier alpha value is -1.56. The number of aliphatic hydroxyl groups is 4. The summed E-state index contributed by atoms with van der Waals surface area (Å²) in [6.07, 6.45) is 33.6. The smallest absolute Gasteiger partial charge is 0.306 e. The summed E-state index contributed by atoms with van der Waals surface area (Å²) in [5.41, 5.74) is 0. The van der Waals surface area contributed by atoms with Gasteiger partial charge in [-0.15, -0.1) is 0 Å². The van der Waals surface area contributed by atoms with Crippen molar-refractivity contribution in [2.45, 2.75) is 256 Å². The summed E-state index contributed by atoms with van der Waals surface area (Å²) in [5, 5.41) is 40.1. The van der Waals surface area contributed by atoms with Crippen LogP contribution in [0, 0.1) is 0 Å². The lowest BCUT2D eigenvalue weighted by Gasteiger charge is -2.39. The van der Waals surface area contributed by atoms with Gasteiger partial charge in [0, 0.05) is 12.8 Å². The van der Waals surface area contributed by atoms with Crippen LogP contribution in [-0.2, 0) is 28.5 Å². The molecule has 0 aromatic carbocycles. The Morgan fingerprint density at radius 1 is 0.526 bits per heavy atom. The Balaban J connectivity index is 2.29. The third-order valence-electron chi connectivity index (χ3n) is 11.2. The van der Waals surface area contributed by atoms with E-state index >= 15 is 0 Å². The lowest BCUT2D eigenvalue weighted by Crippen LogP contribution is -2.59. The van der Waals surface area contributed by atoms with Gasteiger partial charge in [0.1, 0.15) is 31.0 Å². The van der Waals surface area contributed by atoms with Crippen molar-refractivity contribution in [2.75, 3.05) is 19.8 Å². The molecule has 1 heterocycles. The van der Waals surface area contributed by atoms with Crippen LogP contribution in [0.4, 0.5) is 0 Å². The van der Waals surface area contributed by atoms with Gasteiger partial charge in [0.25, 0.3) is 0 Å². The van der Waals surface area contributed by atoms with E-state index < -0.39 is 49.4 Å². The molecule has 1 aliphatic heterocycles. The first-order valence-corrected chi connectivity index (χ1v) is 23.8. The zero-order chi connectivity index (χ0) is 41.6. The monoisotopic (exact) mass is 813 g/mol. The molecule has 0 aromatic heterocycles. The van der Waals surface area contributed by atoms with Crippen LogP contribution in [0.1, 0.15) is 219 Å². The van der Waals surface area contributed by atoms with Gasteiger partial charge in [-0.25, -0.2) is 0 Å². The topological polar surface area (TPSA) is 152 Å². The van der Waals surface area contributed by atoms with Gasteiger partial charge in [-0.1, -0.05) is 180 Å². The number of ether oxygens (including phenoxy) is 4. The minimum absolute atomic E-state index is 0.215. The van der Waals surface area contributed by atoms with Gasteiger partial charge in [-0.2, -0.15) is 0 Å². The highest BCUT2D eigenvalue weighted by molar-refractivity contribution is 5.70. The molecule has 1 rings (SSSR count). The molecule has 0 aromatic rings. The number of esters is 2. The molecule has 1 aliphatic rings. The molecule has 10 heteroatoms. The molecule has 0 aliphatic carbocycles. The summed E-state index contributed by atoms with van der Waals surface area (Å²) >= 11 is 0. The van der Waals surface area contributed by atoms with Gasteiger partial charge >= 0.3 is 11.9 Å². The van der Waals surface area contributed by atoms with Crippen molar-refractivity contribution in [2.24, 2.45) is 0 Å². The van der Waals surface area contributed by atoms with Gasteiger partial charge in [0.2, 0.25) is 0 Å². The predicted octanol–water partition coefficient (Wildman–Crippen LogP) is 10.3. The average Bonchev–Trinajstić information content (AvgIpc) is 3.21. The number of carbonyl (C=O) groups is 2. The molecule has 4 N–H and O–H groups in total. The molecule has 0 amide bonds. The summed E-state index contributed by atoms with van der Waals surface area (Å²) in [6, 6.07) is 0. The summed E-state index contributed by atoms with van der Waals surface area (Å²) in [6.45, 7) is 3.44. The maximum atomic E-state index is 12.8. The zero-order valence-corrected chi connectivity index (χ0v) is 36.6. The fourth-order valence-corrected chi connectivity index (χ4v) is 7.36. The van der Waals surface area contributed by atoms with E-state index in [1.165, 1.54) is 135 Å². The molecule has 0 saturated carbocycles. The van der Waals surface area contributed by atoms with E-state index in [0.717, 1.165) is 51.4 Å². The highest BCUT2D eigenvalue weighted by atomic mass is 16.7. The maximum absolute atomic E-state index is 12.8. The van der Waals surface area contributed by atoms with Gasteiger partial charge in [0.05, 0.1) is 13.2 Å². The quantitative estimate of drug-likeness (QED) is 0.0267. The van der Waals surface area contributed by atoms with Crippen LogP contribution < -0.4 is 0 Å². The highest BCUT2D eigenvalue weighted by Gasteiger charge is 2.44. The third kappa shape index (κ3) is 30.2. The van der Waals surface area contributed by atoms with Gasteiger partial charge in [-0.3, -0.25) is 9.59 Å². The highest BCUT2D eigenvalue weighted by Crippen LogP contribution is 2.23. The minimum Gasteiger partial charge on any atom is -0.462 e. The molecule has 1 saturated heterocycles. The summed E-state index contributed by atoms with van der Waals surface area (Å²) < 4.78 is 22.2. The van der Waals surface area contributed by atoms with Crippen LogP contribution in [-0.4, -0.2) is 89.0 Å². The van der Waals surface area contributed by atoms with Gasteiger partial charge in [0.15, 0.2) is 12.4 Å². The standard InChI is InChI=1S/C47H88O10/c1-3-5-7-9-11-13-15-17-19-20-22-23-25-27-29-31-33-35-42(49)54-38-40(39-55-47-46(53)45(52)44(51)41(37-48)57-47)56-43(50)36-34-32-30-28-26-24-21-18-16-14-12-10-8-6-4-2/h18,21,40-41,44-48,51-53H,3-17,19-20,22-39H2,1-2H3/b21-18-/t40-,41-,44+,45+,46-,47-/m1/s1. The second kappa shape index (κ2) is 38.6. The normalized spacial score (nSPS) is 20.3. The Morgan fingerprint density at radius 3 is 1.37 bits per heavy atom. The van der Waals surface area contributed by atoms with E-state index in [0.29, 0.717) is 6.42 Å². The van der Waals surface area contributed by atoms with Crippen molar-refractivity contribution < 1.29 is 49.0 Å². The van der Waals surface area contributed by atoms with E-state index in [1.54, 1.807) is 0 Å². The fourth-order valence-electron chi connectivity index (χ4n) is 7.36. The van der Waals surface area contributed by atoms with Crippen LogP contribution in [0.2, 0.25) is 0 Å². The van der Waals surface area contributed by atoms with E-state index in [-0.39, 0.29) is 32.0 Å². The number of hydrogen-bond acceptors (Lipinski definition) is 10. The number of carbonyl (C=O) groups excluding carboxylic acids is 2. The lowest BCUT2D eigenvalue weighted by atomic mass is 9.99. The minimum atomic E-state index is -1.59. The number of aliphatic hydroxyl groups excluding tert-OH is 4. The second-order valence-electron chi connectivity index (χ2n) is 16.6. The first kappa shape index (κ1) is 53.5. The van der Waals surface area contributed by atoms with Crippen LogP contribution in [0.25, 0.3) is 0 Å². The second-order valence-corrected chi connectivity index (χ2v) is 16.6. The molecule has 6 atom stereocenters. The molecular weight excluding hydrogens is 725 g/mol. The van der Waals surface area contributed by atoms with Crippen molar-refractivity contribution in [3.63, 3.8) is 0 Å². The Bertz CT molecular complexity index is 943. The molecule has 57 heavy (non-hydrogen) atoms. The molecule has 0 spiro atoms.